The molecule has 0 bridgehead atoms. The minimum atomic E-state index is -0.258. The second-order valence-electron chi connectivity index (χ2n) is 15.5. The summed E-state index contributed by atoms with van der Waals surface area (Å²) in [5.74, 6) is 5.00. The van der Waals surface area contributed by atoms with Gasteiger partial charge < -0.3 is 56.7 Å². The molecule has 5 aromatic heterocycles. The van der Waals surface area contributed by atoms with E-state index in [1.165, 1.54) is 25.3 Å². The molecule has 0 unspecified atom stereocenters. The van der Waals surface area contributed by atoms with Gasteiger partial charge in [0, 0.05) is 37.2 Å². The van der Waals surface area contributed by atoms with Crippen LogP contribution >= 0.6 is 46.4 Å². The molecule has 0 aliphatic rings. The van der Waals surface area contributed by atoms with Gasteiger partial charge in [-0.05, 0) is 55.7 Å². The van der Waals surface area contributed by atoms with E-state index in [1.807, 2.05) is 18.2 Å². The van der Waals surface area contributed by atoms with Crippen LogP contribution in [0.25, 0.3) is 11.2 Å². The van der Waals surface area contributed by atoms with E-state index >= 15 is 0 Å². The van der Waals surface area contributed by atoms with Crippen molar-refractivity contribution >= 4 is 98.0 Å². The van der Waals surface area contributed by atoms with Gasteiger partial charge in [-0.1, -0.05) is 86.4 Å². The Morgan fingerprint density at radius 1 is 0.603 bits per heavy atom. The summed E-state index contributed by atoms with van der Waals surface area (Å²) < 4.78 is 23.5. The normalized spacial score (nSPS) is 10.4. The molecule has 1 amide bonds. The van der Waals surface area contributed by atoms with Crippen molar-refractivity contribution in [2.75, 3.05) is 74.7 Å². The summed E-state index contributed by atoms with van der Waals surface area (Å²) in [6.07, 6.45) is 12.6. The van der Waals surface area contributed by atoms with Gasteiger partial charge >= 0.3 is 0 Å². The van der Waals surface area contributed by atoms with E-state index in [2.05, 4.69) is 81.2 Å². The topological polar surface area (TPSA) is 289 Å². The van der Waals surface area contributed by atoms with Crippen LogP contribution in [0.2, 0.25) is 20.6 Å². The van der Waals surface area contributed by atoms with Crippen molar-refractivity contribution in [3.8, 4) is 23.0 Å². The highest BCUT2D eigenvalue weighted by molar-refractivity contribution is 6.37. The Morgan fingerprint density at radius 3 is 1.67 bits per heavy atom. The Morgan fingerprint density at radius 2 is 1.11 bits per heavy atom. The number of aromatic nitrogens is 10. The number of carbonyl (C=O) groups excluding carboxylic acids is 1. The first kappa shape index (κ1) is 58.6. The van der Waals surface area contributed by atoms with Gasteiger partial charge in [-0.25, -0.2) is 44.9 Å². The molecule has 5 heterocycles. The van der Waals surface area contributed by atoms with Crippen LogP contribution in [0.3, 0.4) is 0 Å². The summed E-state index contributed by atoms with van der Waals surface area (Å²) in [5.41, 5.74) is 21.1. The SMILES string of the molecule is CCCCNc1ncnc(Cl)c1N.CCCCNc1ncnc(Cl)c1NC(=O)Cc1cc(OC)ccc1OC.CCCCn1c(Cc2cc(OC)ccc2OC)nc2c(N)ncnc21.Nc1c(Cl)ncnc1Cl. The summed E-state index contributed by atoms with van der Waals surface area (Å²) in [6, 6.07) is 11.1. The van der Waals surface area contributed by atoms with E-state index in [0.29, 0.717) is 63.0 Å². The van der Waals surface area contributed by atoms with Crippen LogP contribution in [0.4, 0.5) is 34.5 Å². The van der Waals surface area contributed by atoms with E-state index in [1.54, 1.807) is 46.6 Å². The number of methoxy groups -OCH3 is 4. The van der Waals surface area contributed by atoms with Gasteiger partial charge in [0.15, 0.2) is 49.2 Å². The third kappa shape index (κ3) is 17.7. The lowest BCUT2D eigenvalue weighted by Crippen LogP contribution is -2.18. The molecule has 0 saturated carbocycles. The average Bonchev–Trinajstić information content (AvgIpc) is 3.75. The number of nitrogen functional groups attached to an aromatic ring is 3. The molecular formula is C48H62Cl4N16O5. The summed E-state index contributed by atoms with van der Waals surface area (Å²) >= 11 is 22.8. The molecule has 2 aromatic carbocycles. The molecule has 21 nitrogen and oxygen atoms in total. The number of carbonyl (C=O) groups is 1. The van der Waals surface area contributed by atoms with Crippen LogP contribution in [-0.2, 0) is 24.2 Å². The lowest BCUT2D eigenvalue weighted by Gasteiger charge is -2.14. The zero-order valence-electron chi connectivity index (χ0n) is 41.8. The summed E-state index contributed by atoms with van der Waals surface area (Å²) in [4.78, 5) is 48.7. The number of rotatable bonds is 20. The highest BCUT2D eigenvalue weighted by Crippen LogP contribution is 2.30. The zero-order valence-corrected chi connectivity index (χ0v) is 44.8. The average molecular weight is 1080 g/mol. The fourth-order valence-corrected chi connectivity index (χ4v) is 7.13. The number of aryl methyl sites for hydroxylation is 1. The van der Waals surface area contributed by atoms with Gasteiger partial charge in [-0.15, -0.1) is 0 Å². The monoisotopic (exact) mass is 1080 g/mol. The molecule has 73 heavy (non-hydrogen) atoms. The highest BCUT2D eigenvalue weighted by Gasteiger charge is 2.18. The number of hydrogen-bond donors (Lipinski definition) is 6. The molecule has 392 valence electrons. The van der Waals surface area contributed by atoms with Crippen LogP contribution in [0.5, 0.6) is 23.0 Å². The summed E-state index contributed by atoms with van der Waals surface area (Å²) in [7, 11) is 6.44. The lowest BCUT2D eigenvalue weighted by molar-refractivity contribution is -0.115. The van der Waals surface area contributed by atoms with Crippen molar-refractivity contribution in [3.05, 3.63) is 99.3 Å². The van der Waals surface area contributed by atoms with E-state index in [4.69, 9.17) is 87.5 Å². The second-order valence-corrected chi connectivity index (χ2v) is 16.9. The summed E-state index contributed by atoms with van der Waals surface area (Å²) in [6.45, 7) is 8.81. The number of fused-ring (bicyclic) bond motifs is 1. The second kappa shape index (κ2) is 30.8. The van der Waals surface area contributed by atoms with Crippen LogP contribution in [0, 0.1) is 0 Å². The van der Waals surface area contributed by atoms with Crippen molar-refractivity contribution < 1.29 is 23.7 Å². The van der Waals surface area contributed by atoms with Crippen molar-refractivity contribution in [2.24, 2.45) is 0 Å². The predicted octanol–water partition coefficient (Wildman–Crippen LogP) is 9.65. The van der Waals surface area contributed by atoms with Gasteiger partial charge in [0.25, 0.3) is 0 Å². The van der Waals surface area contributed by atoms with Gasteiger partial charge in [0.1, 0.15) is 71.2 Å². The van der Waals surface area contributed by atoms with E-state index in [9.17, 15) is 4.79 Å². The number of ether oxygens (including phenoxy) is 4. The predicted molar refractivity (Wildman–Crippen MR) is 291 cm³/mol. The molecule has 7 rings (SSSR count). The third-order valence-electron chi connectivity index (χ3n) is 10.4. The quantitative estimate of drug-likeness (QED) is 0.0306. The fraction of sp³-hybridized carbons (Fsp3) is 0.375. The Kier molecular flexibility index (Phi) is 24.8. The van der Waals surface area contributed by atoms with Gasteiger partial charge in [-0.3, -0.25) is 4.79 Å². The number of halogens is 4. The first-order valence-corrected chi connectivity index (χ1v) is 24.6. The number of benzene rings is 2. The standard InChI is InChI=1S/C18H23ClN4O3.C18H23N5O2.C8H13ClN4.C4H3Cl2N3/c1-4-5-8-20-18-16(17(19)21-11-22-18)23-15(24)10-12-9-13(25-2)6-7-14(12)26-3;1-4-5-8-23-15(22-16-17(19)20-11-21-18(16)23)10-12-9-13(24-2)6-7-14(12)25-3;1-2-3-4-11-8-6(10)7(9)12-5-13-8;5-3-2(7)4(6)9-1-8-3/h6-7,9,11H,4-5,8,10H2,1-3H3,(H,23,24)(H,20,21,22);6-7,9,11H,4-5,8,10H2,1-3H3,(H2,19,20,21);5H,2-4,10H2,1H3,(H,11,12,13);1H,7H2. The molecular weight excluding hydrogens is 1020 g/mol. The maximum absolute atomic E-state index is 12.5. The number of unbranched alkanes of at least 4 members (excludes halogenated alkanes) is 3. The maximum Gasteiger partial charge on any atom is 0.229 e. The Balaban J connectivity index is 0.000000227. The maximum atomic E-state index is 12.5. The third-order valence-corrected chi connectivity index (χ3v) is 11.6. The van der Waals surface area contributed by atoms with E-state index in [-0.39, 0.29) is 33.5 Å². The molecule has 9 N–H and O–H groups in total. The summed E-state index contributed by atoms with van der Waals surface area (Å²) in [5, 5.41) is 9.92. The molecule has 0 fully saturated rings. The largest absolute Gasteiger partial charge is 0.497 e. The number of imidazole rings is 1. The number of hydrogen-bond acceptors (Lipinski definition) is 19. The number of nitrogens with one attached hydrogen (secondary N) is 3. The van der Waals surface area contributed by atoms with Crippen LogP contribution in [0.1, 0.15) is 76.2 Å². The van der Waals surface area contributed by atoms with E-state index in [0.717, 1.165) is 86.7 Å². The minimum Gasteiger partial charge on any atom is -0.497 e. The molecule has 0 aliphatic heterocycles. The molecule has 25 heteroatoms. The molecule has 0 radical (unpaired) electrons. The van der Waals surface area contributed by atoms with Crippen LogP contribution in [0.15, 0.2) is 61.7 Å². The molecule has 0 atom stereocenters. The van der Waals surface area contributed by atoms with Crippen molar-refractivity contribution in [2.45, 2.75) is 78.7 Å². The smallest absolute Gasteiger partial charge is 0.229 e. The van der Waals surface area contributed by atoms with Crippen molar-refractivity contribution in [1.82, 2.24) is 49.4 Å². The molecule has 0 aliphatic carbocycles. The van der Waals surface area contributed by atoms with Crippen LogP contribution < -0.4 is 52.1 Å². The number of nitrogens with zero attached hydrogens (tertiary/aromatic N) is 10. The Labute approximate surface area is 444 Å². The molecule has 7 aromatic rings. The van der Waals surface area contributed by atoms with Gasteiger partial charge in [-0.2, -0.15) is 0 Å². The Hall–Kier alpha value is -6.94. The van der Waals surface area contributed by atoms with E-state index < -0.39 is 0 Å². The minimum absolute atomic E-state index is 0.0972. The van der Waals surface area contributed by atoms with Crippen LogP contribution in [-0.4, -0.2) is 96.9 Å². The molecule has 0 spiro atoms. The zero-order chi connectivity index (χ0) is 53.3. The number of nitrogens with two attached hydrogens (primary N) is 3. The highest BCUT2D eigenvalue weighted by atomic mass is 35.5. The van der Waals surface area contributed by atoms with Crippen molar-refractivity contribution in [1.29, 1.82) is 0 Å². The lowest BCUT2D eigenvalue weighted by atomic mass is 10.1. The number of anilines is 6. The first-order valence-electron chi connectivity index (χ1n) is 23.1. The first-order chi connectivity index (χ1) is 35.2. The molecule has 0 saturated heterocycles. The van der Waals surface area contributed by atoms with Gasteiger partial charge in [0.2, 0.25) is 5.91 Å². The fourth-order valence-electron chi connectivity index (χ4n) is 6.50. The van der Waals surface area contributed by atoms with Gasteiger partial charge in [0.05, 0.1) is 34.9 Å². The number of amides is 1. The van der Waals surface area contributed by atoms with Crippen molar-refractivity contribution in [3.63, 3.8) is 0 Å². The Bertz CT molecular complexity index is 2820.